The van der Waals surface area contributed by atoms with Crippen molar-refractivity contribution in [3.63, 3.8) is 0 Å². The van der Waals surface area contributed by atoms with Gasteiger partial charge < -0.3 is 9.80 Å². The average Bonchev–Trinajstić information content (AvgIpc) is 3.08. The van der Waals surface area contributed by atoms with Gasteiger partial charge in [0.15, 0.2) is 19.0 Å². The first-order valence-corrected chi connectivity index (χ1v) is 13.4. The third-order valence-electron chi connectivity index (χ3n) is 9.08. The number of urea groups is 1. The number of carbonyl (C=O) groups is 2. The van der Waals surface area contributed by atoms with E-state index in [1.807, 2.05) is 24.2 Å². The van der Waals surface area contributed by atoms with Gasteiger partial charge in [0, 0.05) is 31.1 Å². The largest absolute Gasteiger partial charge is 0.321 e. The lowest BCUT2D eigenvalue weighted by molar-refractivity contribution is -0.731. The highest BCUT2D eigenvalue weighted by Gasteiger charge is 2.55. The minimum Gasteiger partial charge on any atom is -0.317 e. The van der Waals surface area contributed by atoms with Gasteiger partial charge in [-0.1, -0.05) is 41.4 Å². The van der Waals surface area contributed by atoms with Crippen LogP contribution in [-0.2, 0) is 23.8 Å². The van der Waals surface area contributed by atoms with Crippen LogP contribution < -0.4 is 4.68 Å². The van der Waals surface area contributed by atoms with E-state index in [9.17, 15) is 9.59 Å². The van der Waals surface area contributed by atoms with Crippen LogP contribution in [0.5, 0.6) is 0 Å². The number of Topliss-reactive ketones (excluding diaryl/α,β-unsaturated/α-hetero) is 1. The second kappa shape index (κ2) is 9.92. The summed E-state index contributed by atoms with van der Waals surface area (Å²) in [7, 11) is 6.22. The topological polar surface area (TPSA) is 60.6 Å². The lowest BCUT2D eigenvalue weighted by Gasteiger charge is -2.51. The lowest BCUT2D eigenvalue weighted by atomic mass is 9.68. The zero-order valence-electron chi connectivity index (χ0n) is 22.0. The molecule has 2 aliphatic carbocycles. The molecule has 2 saturated carbocycles. The Kier molecular flexibility index (Phi) is 6.86. The fraction of sp³-hybridized carbons (Fsp3) is 0.586. The minimum atomic E-state index is -0.177. The van der Waals surface area contributed by atoms with Crippen LogP contribution >= 0.6 is 0 Å². The molecule has 0 radical (unpaired) electrons. The minimum absolute atomic E-state index is 0.0165. The summed E-state index contributed by atoms with van der Waals surface area (Å²) in [6.45, 7) is 1.67. The SMILES string of the molecule is CN(C)C1(c2ccccc2)CCC2(CC1)CN(CC(=O)Cc1cc[n+](C)nc1)C(=O)N2CC1CCC1. The molecule has 0 atom stereocenters. The van der Waals surface area contributed by atoms with Crippen LogP contribution in [-0.4, -0.2) is 70.9 Å². The molecule has 5 rings (SSSR count). The highest BCUT2D eigenvalue weighted by atomic mass is 16.2. The Hall–Kier alpha value is -2.80. The number of rotatable bonds is 8. The number of hydrogen-bond donors (Lipinski definition) is 0. The first kappa shape index (κ1) is 24.9. The van der Waals surface area contributed by atoms with E-state index >= 15 is 0 Å². The number of aromatic nitrogens is 2. The molecular formula is C29H40N5O2+. The van der Waals surface area contributed by atoms with Crippen LogP contribution in [0, 0.1) is 5.92 Å². The van der Waals surface area contributed by atoms with E-state index in [2.05, 4.69) is 59.3 Å². The maximum atomic E-state index is 13.7. The Labute approximate surface area is 215 Å². The Balaban J connectivity index is 1.33. The van der Waals surface area contributed by atoms with Crippen molar-refractivity contribution in [2.75, 3.05) is 33.7 Å². The summed E-state index contributed by atoms with van der Waals surface area (Å²) in [6, 6.07) is 12.8. The maximum absolute atomic E-state index is 13.7. The molecule has 1 aliphatic heterocycles. The fourth-order valence-corrected chi connectivity index (χ4v) is 6.56. The summed E-state index contributed by atoms with van der Waals surface area (Å²) in [5.41, 5.74) is 2.06. The highest BCUT2D eigenvalue weighted by molar-refractivity contribution is 5.88. The molecule has 36 heavy (non-hydrogen) atoms. The van der Waals surface area contributed by atoms with Crippen LogP contribution in [0.1, 0.15) is 56.1 Å². The fourth-order valence-electron chi connectivity index (χ4n) is 6.56. The number of ketones is 1. The zero-order valence-corrected chi connectivity index (χ0v) is 22.0. The molecule has 1 saturated heterocycles. The number of nitrogens with zero attached hydrogens (tertiary/aromatic N) is 5. The normalized spacial score (nSPS) is 26.6. The van der Waals surface area contributed by atoms with Gasteiger partial charge in [0.2, 0.25) is 0 Å². The van der Waals surface area contributed by atoms with Crippen molar-refractivity contribution in [2.45, 2.75) is 62.4 Å². The summed E-state index contributed by atoms with van der Waals surface area (Å²) in [5.74, 6) is 0.676. The number of amides is 2. The van der Waals surface area contributed by atoms with Crippen molar-refractivity contribution in [1.29, 1.82) is 0 Å². The molecule has 0 unspecified atom stereocenters. The highest BCUT2D eigenvalue weighted by Crippen LogP contribution is 2.49. The average molecular weight is 491 g/mol. The van der Waals surface area contributed by atoms with Gasteiger partial charge >= 0.3 is 6.03 Å². The monoisotopic (exact) mass is 490 g/mol. The van der Waals surface area contributed by atoms with E-state index in [4.69, 9.17) is 0 Å². The van der Waals surface area contributed by atoms with Crippen molar-refractivity contribution >= 4 is 11.8 Å². The van der Waals surface area contributed by atoms with Gasteiger partial charge in [-0.3, -0.25) is 9.69 Å². The van der Waals surface area contributed by atoms with E-state index in [0.717, 1.165) is 37.8 Å². The van der Waals surface area contributed by atoms with Crippen molar-refractivity contribution in [3.8, 4) is 0 Å². The summed E-state index contributed by atoms with van der Waals surface area (Å²) in [6.07, 6.45) is 11.5. The van der Waals surface area contributed by atoms with Crippen molar-refractivity contribution in [2.24, 2.45) is 13.0 Å². The van der Waals surface area contributed by atoms with Crippen LogP contribution in [0.25, 0.3) is 0 Å². The standard InChI is InChI=1S/C29H40N5O2/c1-31(2)29(25-10-5-4-6-11-25)15-13-28(14-16-29)22-33(27(36)34(28)20-23-8-7-9-23)21-26(35)18-24-12-17-32(3)30-19-24/h4-6,10-12,17,19,23H,7-9,13-16,18,20-22H2,1-3H3/q+1. The second-order valence-electron chi connectivity index (χ2n) is 11.5. The summed E-state index contributed by atoms with van der Waals surface area (Å²) in [5, 5.41) is 4.23. The molecule has 3 aliphatic rings. The van der Waals surface area contributed by atoms with E-state index in [1.165, 1.54) is 24.8 Å². The molecule has 2 amide bonds. The Morgan fingerprint density at radius 3 is 2.42 bits per heavy atom. The molecule has 1 aromatic carbocycles. The van der Waals surface area contributed by atoms with E-state index in [1.54, 1.807) is 10.9 Å². The predicted molar refractivity (Wildman–Crippen MR) is 138 cm³/mol. The van der Waals surface area contributed by atoms with Gasteiger partial charge in [0.05, 0.1) is 18.3 Å². The number of carbonyl (C=O) groups excluding carboxylic acids is 2. The van der Waals surface area contributed by atoms with Crippen molar-refractivity contribution in [3.05, 3.63) is 59.9 Å². The van der Waals surface area contributed by atoms with Crippen molar-refractivity contribution in [1.82, 2.24) is 19.8 Å². The first-order chi connectivity index (χ1) is 17.3. The van der Waals surface area contributed by atoms with Crippen LogP contribution in [0.15, 0.2) is 48.8 Å². The van der Waals surface area contributed by atoms with Gasteiger partial charge in [0.1, 0.15) is 0 Å². The third kappa shape index (κ3) is 4.65. The molecule has 0 N–H and O–H groups in total. The van der Waals surface area contributed by atoms with Crippen LogP contribution in [0.4, 0.5) is 4.79 Å². The quantitative estimate of drug-likeness (QED) is 0.533. The predicted octanol–water partition coefficient (Wildman–Crippen LogP) is 3.33. The van der Waals surface area contributed by atoms with Gasteiger partial charge in [-0.25, -0.2) is 4.79 Å². The Bertz CT molecular complexity index is 1070. The van der Waals surface area contributed by atoms with Crippen LogP contribution in [0.3, 0.4) is 0 Å². The number of hydrogen-bond acceptors (Lipinski definition) is 4. The Morgan fingerprint density at radius 2 is 1.83 bits per heavy atom. The molecular weight excluding hydrogens is 450 g/mol. The molecule has 1 spiro atoms. The molecule has 2 heterocycles. The lowest BCUT2D eigenvalue weighted by Crippen LogP contribution is -2.56. The third-order valence-corrected chi connectivity index (χ3v) is 9.08. The summed E-state index contributed by atoms with van der Waals surface area (Å²) >= 11 is 0. The maximum Gasteiger partial charge on any atom is 0.321 e. The van der Waals surface area contributed by atoms with Crippen molar-refractivity contribution < 1.29 is 14.3 Å². The van der Waals surface area contributed by atoms with E-state index in [0.29, 0.717) is 18.9 Å². The molecule has 7 heteroatoms. The van der Waals surface area contributed by atoms with Gasteiger partial charge in [0.25, 0.3) is 0 Å². The van der Waals surface area contributed by atoms with E-state index < -0.39 is 0 Å². The zero-order chi connectivity index (χ0) is 25.3. The smallest absolute Gasteiger partial charge is 0.317 e. The molecule has 2 aromatic rings. The Morgan fingerprint density at radius 1 is 1.11 bits per heavy atom. The first-order valence-electron chi connectivity index (χ1n) is 13.4. The van der Waals surface area contributed by atoms with E-state index in [-0.39, 0.29) is 29.4 Å². The summed E-state index contributed by atoms with van der Waals surface area (Å²) in [4.78, 5) is 33.1. The van der Waals surface area contributed by atoms with Gasteiger partial charge in [-0.15, -0.1) is 0 Å². The van der Waals surface area contributed by atoms with Gasteiger partial charge in [-0.05, 0) is 74.8 Å². The molecule has 1 aromatic heterocycles. The van der Waals surface area contributed by atoms with Crippen LogP contribution in [0.2, 0.25) is 0 Å². The number of aryl methyl sites for hydroxylation is 1. The molecule has 7 nitrogen and oxygen atoms in total. The second-order valence-corrected chi connectivity index (χ2v) is 11.5. The van der Waals surface area contributed by atoms with Gasteiger partial charge in [-0.2, -0.15) is 0 Å². The molecule has 3 fully saturated rings. The number of benzene rings is 1. The summed E-state index contributed by atoms with van der Waals surface area (Å²) < 4.78 is 1.71. The molecule has 192 valence electrons. The molecule has 0 bridgehead atoms.